The number of aliphatic imine (C=N–C) groups is 2. The van der Waals surface area contributed by atoms with E-state index in [-0.39, 0.29) is 11.9 Å². The number of hydrogen-bond acceptors (Lipinski definition) is 3. The SMILES string of the molecule is NC(N)=NC(N)=NCCN1CCOCC1. The second-order valence-corrected chi connectivity index (χ2v) is 3.23. The van der Waals surface area contributed by atoms with Gasteiger partial charge < -0.3 is 21.9 Å². The molecule has 86 valence electrons. The summed E-state index contributed by atoms with van der Waals surface area (Å²) >= 11 is 0. The second-order valence-electron chi connectivity index (χ2n) is 3.23. The van der Waals surface area contributed by atoms with Gasteiger partial charge in [-0.25, -0.2) is 0 Å². The van der Waals surface area contributed by atoms with Crippen molar-refractivity contribution >= 4 is 11.9 Å². The van der Waals surface area contributed by atoms with E-state index in [9.17, 15) is 0 Å². The van der Waals surface area contributed by atoms with E-state index in [1.807, 2.05) is 0 Å². The lowest BCUT2D eigenvalue weighted by atomic mass is 10.4. The van der Waals surface area contributed by atoms with Crippen LogP contribution >= 0.6 is 0 Å². The van der Waals surface area contributed by atoms with Gasteiger partial charge in [-0.15, -0.1) is 0 Å². The first-order valence-electron chi connectivity index (χ1n) is 4.88. The van der Waals surface area contributed by atoms with Gasteiger partial charge in [-0.2, -0.15) is 4.99 Å². The largest absolute Gasteiger partial charge is 0.379 e. The van der Waals surface area contributed by atoms with Crippen molar-refractivity contribution in [3.8, 4) is 0 Å². The molecule has 1 aliphatic rings. The van der Waals surface area contributed by atoms with Crippen molar-refractivity contribution in [3.05, 3.63) is 0 Å². The topological polar surface area (TPSA) is 115 Å². The number of hydrogen-bond donors (Lipinski definition) is 3. The summed E-state index contributed by atoms with van der Waals surface area (Å²) in [4.78, 5) is 9.90. The van der Waals surface area contributed by atoms with Crippen molar-refractivity contribution < 1.29 is 4.74 Å². The lowest BCUT2D eigenvalue weighted by Crippen LogP contribution is -2.38. The molecule has 1 saturated heterocycles. The van der Waals surface area contributed by atoms with Gasteiger partial charge in [0, 0.05) is 19.6 Å². The van der Waals surface area contributed by atoms with Crippen molar-refractivity contribution in [1.29, 1.82) is 0 Å². The Bertz CT molecular complexity index is 242. The fraction of sp³-hybridized carbons (Fsp3) is 0.750. The van der Waals surface area contributed by atoms with E-state index in [2.05, 4.69) is 14.9 Å². The number of rotatable bonds is 3. The highest BCUT2D eigenvalue weighted by Crippen LogP contribution is 1.95. The lowest BCUT2D eigenvalue weighted by Gasteiger charge is -2.25. The Morgan fingerprint density at radius 1 is 1.20 bits per heavy atom. The molecule has 0 radical (unpaired) electrons. The zero-order valence-electron chi connectivity index (χ0n) is 8.72. The lowest BCUT2D eigenvalue weighted by molar-refractivity contribution is 0.0394. The van der Waals surface area contributed by atoms with Crippen molar-refractivity contribution in [2.75, 3.05) is 39.4 Å². The van der Waals surface area contributed by atoms with Crippen LogP contribution in [0.25, 0.3) is 0 Å². The standard InChI is InChI=1S/C8H18N6O/c9-7(10)13-8(11)12-1-2-14-3-5-15-6-4-14/h1-6H2,(H6,9,10,11,12,13). The zero-order chi connectivity index (χ0) is 11.1. The maximum absolute atomic E-state index is 5.45. The van der Waals surface area contributed by atoms with Crippen LogP contribution in [0.5, 0.6) is 0 Å². The number of nitrogens with two attached hydrogens (primary N) is 3. The molecule has 0 aromatic rings. The Morgan fingerprint density at radius 3 is 2.47 bits per heavy atom. The fourth-order valence-electron chi connectivity index (χ4n) is 1.30. The third kappa shape index (κ3) is 5.18. The summed E-state index contributed by atoms with van der Waals surface area (Å²) in [6.07, 6.45) is 0. The molecule has 0 aromatic carbocycles. The first kappa shape index (κ1) is 11.7. The van der Waals surface area contributed by atoms with Gasteiger partial charge in [0.25, 0.3) is 0 Å². The summed E-state index contributed by atoms with van der Waals surface area (Å²) in [5.41, 5.74) is 15.7. The van der Waals surface area contributed by atoms with Gasteiger partial charge >= 0.3 is 0 Å². The number of morpholine rings is 1. The van der Waals surface area contributed by atoms with Crippen LogP contribution in [0.15, 0.2) is 9.98 Å². The minimum absolute atomic E-state index is 0.0670. The van der Waals surface area contributed by atoms with E-state index < -0.39 is 0 Å². The molecule has 1 fully saturated rings. The van der Waals surface area contributed by atoms with Crippen LogP contribution in [-0.4, -0.2) is 56.2 Å². The van der Waals surface area contributed by atoms with Crippen LogP contribution in [0.1, 0.15) is 0 Å². The number of ether oxygens (including phenoxy) is 1. The molecule has 0 unspecified atom stereocenters. The van der Waals surface area contributed by atoms with Crippen molar-refractivity contribution in [3.63, 3.8) is 0 Å². The van der Waals surface area contributed by atoms with Crippen LogP contribution in [0.2, 0.25) is 0 Å². The predicted octanol–water partition coefficient (Wildman–Crippen LogP) is -2.09. The monoisotopic (exact) mass is 214 g/mol. The second kappa shape index (κ2) is 6.20. The molecule has 6 N–H and O–H groups in total. The zero-order valence-corrected chi connectivity index (χ0v) is 8.72. The average molecular weight is 214 g/mol. The molecule has 1 rings (SSSR count). The van der Waals surface area contributed by atoms with E-state index in [4.69, 9.17) is 21.9 Å². The van der Waals surface area contributed by atoms with Crippen LogP contribution < -0.4 is 17.2 Å². The van der Waals surface area contributed by atoms with Gasteiger partial charge in [-0.3, -0.25) is 9.89 Å². The smallest absolute Gasteiger partial charge is 0.218 e. The Morgan fingerprint density at radius 2 is 1.87 bits per heavy atom. The van der Waals surface area contributed by atoms with Gasteiger partial charge in [0.1, 0.15) is 0 Å². The summed E-state index contributed by atoms with van der Waals surface area (Å²) in [6.45, 7) is 4.91. The third-order valence-electron chi connectivity index (χ3n) is 2.04. The first-order valence-corrected chi connectivity index (χ1v) is 4.88. The Hall–Kier alpha value is -1.34. The first-order chi connectivity index (χ1) is 7.18. The Balaban J connectivity index is 2.21. The molecule has 0 aromatic heterocycles. The summed E-state index contributed by atoms with van der Waals surface area (Å²) < 4.78 is 5.22. The highest BCUT2D eigenvalue weighted by molar-refractivity contribution is 5.92. The number of guanidine groups is 2. The van der Waals surface area contributed by atoms with Crippen LogP contribution in [-0.2, 0) is 4.74 Å². The van der Waals surface area contributed by atoms with Gasteiger partial charge in [0.05, 0.1) is 19.8 Å². The Kier molecular flexibility index (Phi) is 4.85. The molecule has 15 heavy (non-hydrogen) atoms. The summed E-state index contributed by atoms with van der Waals surface area (Å²) in [5, 5.41) is 0. The summed E-state index contributed by atoms with van der Waals surface area (Å²) in [5.74, 6) is 0.0610. The van der Waals surface area contributed by atoms with Crippen molar-refractivity contribution in [2.45, 2.75) is 0 Å². The molecule has 0 amide bonds. The molecule has 0 atom stereocenters. The minimum atomic E-state index is -0.0670. The van der Waals surface area contributed by atoms with Gasteiger partial charge in [-0.05, 0) is 0 Å². The molecule has 7 heteroatoms. The highest BCUT2D eigenvalue weighted by Gasteiger charge is 2.08. The van der Waals surface area contributed by atoms with E-state index in [0.717, 1.165) is 32.8 Å². The third-order valence-corrected chi connectivity index (χ3v) is 2.04. The molecule has 0 aliphatic carbocycles. The minimum Gasteiger partial charge on any atom is -0.379 e. The quantitative estimate of drug-likeness (QED) is 0.368. The van der Waals surface area contributed by atoms with Crippen molar-refractivity contribution in [1.82, 2.24) is 4.90 Å². The molecule has 7 nitrogen and oxygen atoms in total. The molecule has 0 saturated carbocycles. The summed E-state index contributed by atoms with van der Waals surface area (Å²) in [7, 11) is 0. The Labute approximate surface area is 89.0 Å². The van der Waals surface area contributed by atoms with Crippen molar-refractivity contribution in [2.24, 2.45) is 27.2 Å². The molecule has 1 heterocycles. The van der Waals surface area contributed by atoms with E-state index in [0.29, 0.717) is 6.54 Å². The molecular formula is C8H18N6O. The normalized spacial score (nSPS) is 18.8. The average Bonchev–Trinajstić information content (AvgIpc) is 2.18. The molecular weight excluding hydrogens is 196 g/mol. The van der Waals surface area contributed by atoms with E-state index in [1.54, 1.807) is 0 Å². The van der Waals surface area contributed by atoms with Crippen LogP contribution in [0.4, 0.5) is 0 Å². The van der Waals surface area contributed by atoms with E-state index in [1.165, 1.54) is 0 Å². The van der Waals surface area contributed by atoms with Gasteiger partial charge in [-0.1, -0.05) is 0 Å². The highest BCUT2D eigenvalue weighted by atomic mass is 16.5. The fourth-order valence-corrected chi connectivity index (χ4v) is 1.30. The van der Waals surface area contributed by atoms with Gasteiger partial charge in [0.2, 0.25) is 5.96 Å². The van der Waals surface area contributed by atoms with Crippen LogP contribution in [0.3, 0.4) is 0 Å². The van der Waals surface area contributed by atoms with Crippen LogP contribution in [0, 0.1) is 0 Å². The predicted molar refractivity (Wildman–Crippen MR) is 59.6 cm³/mol. The van der Waals surface area contributed by atoms with E-state index >= 15 is 0 Å². The molecule has 0 bridgehead atoms. The number of nitrogens with zero attached hydrogens (tertiary/aromatic N) is 3. The summed E-state index contributed by atoms with van der Waals surface area (Å²) in [6, 6.07) is 0. The molecule has 0 spiro atoms. The molecule has 1 aliphatic heterocycles. The van der Waals surface area contributed by atoms with Gasteiger partial charge in [0.15, 0.2) is 5.96 Å². The maximum Gasteiger partial charge on any atom is 0.218 e. The maximum atomic E-state index is 5.45.